The smallest absolute Gasteiger partial charge is 0.333 e. The van der Waals surface area contributed by atoms with E-state index in [1.165, 1.54) is 4.90 Å². The first-order valence-corrected chi connectivity index (χ1v) is 9.78. The molecule has 146 valence electrons. The summed E-state index contributed by atoms with van der Waals surface area (Å²) in [6, 6.07) is 11.8. The highest BCUT2D eigenvalue weighted by Crippen LogP contribution is 2.49. The van der Waals surface area contributed by atoms with Gasteiger partial charge in [0.1, 0.15) is 11.4 Å². The van der Waals surface area contributed by atoms with Gasteiger partial charge in [0.05, 0.1) is 27.0 Å². The molecule has 0 bridgehead atoms. The number of amides is 3. The lowest BCUT2D eigenvalue weighted by Gasteiger charge is -2.24. The molecule has 0 spiro atoms. The van der Waals surface area contributed by atoms with Crippen LogP contribution in [0.1, 0.15) is 10.9 Å². The van der Waals surface area contributed by atoms with E-state index in [0.717, 1.165) is 5.56 Å². The maximum Gasteiger partial charge on any atom is 0.333 e. The molecular weight excluding hydrogens is 380 g/mol. The second kappa shape index (κ2) is 7.27. The summed E-state index contributed by atoms with van der Waals surface area (Å²) < 4.78 is 16.2. The van der Waals surface area contributed by atoms with Crippen molar-refractivity contribution in [2.75, 3.05) is 32.0 Å². The number of urea groups is 1. The fraction of sp³-hybridized carbons (Fsp3) is 0.300. The Morgan fingerprint density at radius 3 is 2.18 bits per heavy atom. The molecule has 0 unspecified atom stereocenters. The number of rotatable bonds is 5. The van der Waals surface area contributed by atoms with Crippen molar-refractivity contribution in [1.29, 1.82) is 0 Å². The van der Waals surface area contributed by atoms with Crippen molar-refractivity contribution in [2.45, 2.75) is 11.4 Å². The van der Waals surface area contributed by atoms with Gasteiger partial charge in [-0.3, -0.25) is 9.69 Å². The number of hydrogen-bond acceptors (Lipinski definition) is 6. The van der Waals surface area contributed by atoms with Crippen molar-refractivity contribution >= 4 is 29.4 Å². The number of imide groups is 1. The SMILES string of the molecule is COc1cc([C@H]2SC[C@@H]3C(=O)N(c4ccccc4)C(=O)N32)cc(OC)c1OC. The van der Waals surface area contributed by atoms with Gasteiger partial charge in [0, 0.05) is 5.75 Å². The summed E-state index contributed by atoms with van der Waals surface area (Å²) in [5.41, 5.74) is 1.40. The fourth-order valence-electron chi connectivity index (χ4n) is 3.60. The van der Waals surface area contributed by atoms with Crippen LogP contribution < -0.4 is 19.1 Å². The molecule has 2 atom stereocenters. The van der Waals surface area contributed by atoms with Crippen LogP contribution in [0, 0.1) is 0 Å². The number of para-hydroxylation sites is 1. The van der Waals surface area contributed by atoms with Crippen molar-refractivity contribution in [1.82, 2.24) is 4.90 Å². The molecule has 2 fully saturated rings. The Hall–Kier alpha value is -2.87. The van der Waals surface area contributed by atoms with Gasteiger partial charge in [-0.2, -0.15) is 0 Å². The molecule has 2 aliphatic heterocycles. The van der Waals surface area contributed by atoms with Crippen LogP contribution in [-0.2, 0) is 4.79 Å². The van der Waals surface area contributed by atoms with Crippen LogP contribution >= 0.6 is 11.8 Å². The molecule has 2 saturated heterocycles. The zero-order valence-corrected chi connectivity index (χ0v) is 16.6. The van der Waals surface area contributed by atoms with Crippen LogP contribution in [-0.4, -0.2) is 50.0 Å². The minimum absolute atomic E-state index is 0.196. The van der Waals surface area contributed by atoms with Gasteiger partial charge < -0.3 is 14.2 Å². The zero-order chi connectivity index (χ0) is 19.8. The third-order valence-corrected chi connectivity index (χ3v) is 6.23. The number of methoxy groups -OCH3 is 3. The molecule has 2 heterocycles. The molecule has 0 aliphatic carbocycles. The first-order chi connectivity index (χ1) is 13.6. The molecule has 4 rings (SSSR count). The van der Waals surface area contributed by atoms with Crippen LogP contribution in [0.3, 0.4) is 0 Å². The number of fused-ring (bicyclic) bond motifs is 1. The first-order valence-electron chi connectivity index (χ1n) is 8.73. The number of nitrogens with zero attached hydrogens (tertiary/aromatic N) is 2. The molecule has 7 nitrogen and oxygen atoms in total. The van der Waals surface area contributed by atoms with E-state index >= 15 is 0 Å². The minimum atomic E-state index is -0.484. The van der Waals surface area contributed by atoms with Gasteiger partial charge in [0.2, 0.25) is 5.75 Å². The highest BCUT2D eigenvalue weighted by molar-refractivity contribution is 7.99. The van der Waals surface area contributed by atoms with E-state index < -0.39 is 6.04 Å². The lowest BCUT2D eigenvalue weighted by Crippen LogP contribution is -2.33. The number of carbonyl (C=O) groups is 2. The first kappa shape index (κ1) is 18.5. The van der Waals surface area contributed by atoms with Crippen molar-refractivity contribution in [3.63, 3.8) is 0 Å². The van der Waals surface area contributed by atoms with Crippen LogP contribution in [0.25, 0.3) is 0 Å². The highest BCUT2D eigenvalue weighted by Gasteiger charge is 2.53. The fourth-order valence-corrected chi connectivity index (χ4v) is 5.00. The molecule has 8 heteroatoms. The van der Waals surface area contributed by atoms with E-state index in [9.17, 15) is 9.59 Å². The summed E-state index contributed by atoms with van der Waals surface area (Å²) in [5, 5.41) is -0.316. The van der Waals surface area contributed by atoms with Crippen molar-refractivity contribution in [3.05, 3.63) is 48.0 Å². The molecule has 2 aliphatic rings. The second-order valence-electron chi connectivity index (χ2n) is 6.36. The average molecular weight is 400 g/mol. The van der Waals surface area contributed by atoms with Gasteiger partial charge in [-0.25, -0.2) is 9.69 Å². The summed E-state index contributed by atoms with van der Waals surface area (Å²) in [4.78, 5) is 28.9. The molecule has 2 aromatic carbocycles. The van der Waals surface area contributed by atoms with Gasteiger partial charge >= 0.3 is 6.03 Å². The van der Waals surface area contributed by atoms with Gasteiger partial charge in [0.15, 0.2) is 11.5 Å². The lowest BCUT2D eigenvalue weighted by atomic mass is 10.1. The Morgan fingerprint density at radius 1 is 0.964 bits per heavy atom. The van der Waals surface area contributed by atoms with Crippen LogP contribution in [0.4, 0.5) is 10.5 Å². The number of hydrogen-bond donors (Lipinski definition) is 0. The Balaban J connectivity index is 1.72. The molecule has 28 heavy (non-hydrogen) atoms. The third kappa shape index (κ3) is 2.75. The Kier molecular flexibility index (Phi) is 4.80. The monoisotopic (exact) mass is 400 g/mol. The quantitative estimate of drug-likeness (QED) is 0.718. The molecule has 0 N–H and O–H groups in total. The Morgan fingerprint density at radius 2 is 1.61 bits per heavy atom. The zero-order valence-electron chi connectivity index (χ0n) is 15.7. The summed E-state index contributed by atoms with van der Waals surface area (Å²) in [6.45, 7) is 0. The maximum atomic E-state index is 13.1. The van der Waals surface area contributed by atoms with E-state index in [4.69, 9.17) is 14.2 Å². The van der Waals surface area contributed by atoms with E-state index in [2.05, 4.69) is 0 Å². The highest BCUT2D eigenvalue weighted by atomic mass is 32.2. The van der Waals surface area contributed by atoms with Crippen molar-refractivity contribution < 1.29 is 23.8 Å². The number of ether oxygens (including phenoxy) is 3. The van der Waals surface area contributed by atoms with Crippen molar-refractivity contribution in [2.24, 2.45) is 0 Å². The average Bonchev–Trinajstić information content (AvgIpc) is 3.27. The summed E-state index contributed by atoms with van der Waals surface area (Å²) in [5.74, 6) is 1.86. The molecule has 3 amide bonds. The van der Waals surface area contributed by atoms with E-state index in [0.29, 0.717) is 28.7 Å². The van der Waals surface area contributed by atoms with E-state index in [-0.39, 0.29) is 17.3 Å². The Bertz CT molecular complexity index is 895. The molecule has 0 aromatic heterocycles. The van der Waals surface area contributed by atoms with Gasteiger partial charge in [-0.05, 0) is 29.8 Å². The topological polar surface area (TPSA) is 68.3 Å². The van der Waals surface area contributed by atoms with Crippen LogP contribution in [0.5, 0.6) is 17.2 Å². The summed E-state index contributed by atoms with van der Waals surface area (Å²) >= 11 is 1.55. The number of benzene rings is 2. The standard InChI is InChI=1S/C20H20N2O5S/c1-25-15-9-12(10-16(26-2)17(15)27-3)19-22-14(11-28-19)18(23)21(20(22)24)13-7-5-4-6-8-13/h4-10,14,19H,11H2,1-3H3/t14-,19-/m1/s1. The minimum Gasteiger partial charge on any atom is -0.493 e. The summed E-state index contributed by atoms with van der Waals surface area (Å²) in [6.07, 6.45) is 0. The van der Waals surface area contributed by atoms with Crippen molar-refractivity contribution in [3.8, 4) is 17.2 Å². The second-order valence-corrected chi connectivity index (χ2v) is 7.47. The lowest BCUT2D eigenvalue weighted by molar-refractivity contribution is -0.119. The largest absolute Gasteiger partial charge is 0.493 e. The molecule has 0 saturated carbocycles. The number of anilines is 1. The predicted octanol–water partition coefficient (Wildman–Crippen LogP) is 3.30. The van der Waals surface area contributed by atoms with Gasteiger partial charge in [-0.1, -0.05) is 18.2 Å². The van der Waals surface area contributed by atoms with Gasteiger partial charge in [0.25, 0.3) is 5.91 Å². The summed E-state index contributed by atoms with van der Waals surface area (Å²) in [7, 11) is 4.64. The van der Waals surface area contributed by atoms with Gasteiger partial charge in [-0.15, -0.1) is 11.8 Å². The maximum absolute atomic E-state index is 13.1. The molecule has 0 radical (unpaired) electrons. The van der Waals surface area contributed by atoms with Crippen LogP contribution in [0.15, 0.2) is 42.5 Å². The van der Waals surface area contributed by atoms with E-state index in [1.54, 1.807) is 50.1 Å². The van der Waals surface area contributed by atoms with E-state index in [1.807, 2.05) is 30.3 Å². The van der Waals surface area contributed by atoms with Crippen LogP contribution in [0.2, 0.25) is 0 Å². The molecule has 2 aromatic rings. The Labute approximate surface area is 167 Å². The molecular formula is C20H20N2O5S. The predicted molar refractivity (Wildman–Crippen MR) is 106 cm³/mol. The third-order valence-electron chi connectivity index (χ3n) is 4.90. The normalized spacial score (nSPS) is 21.1. The number of thioether (sulfide) groups is 1. The number of carbonyl (C=O) groups excluding carboxylic acids is 2.